The molecule has 0 aliphatic rings. The molecule has 0 saturated carbocycles. The zero-order chi connectivity index (χ0) is 14.6. The molecule has 0 unspecified atom stereocenters. The second-order valence-corrected chi connectivity index (χ2v) is 4.47. The zero-order valence-corrected chi connectivity index (χ0v) is 10.6. The van der Waals surface area contributed by atoms with Crippen LogP contribution in [0.1, 0.15) is 24.3 Å². The van der Waals surface area contributed by atoms with Crippen molar-refractivity contribution in [1.29, 1.82) is 0 Å². The van der Waals surface area contributed by atoms with E-state index >= 15 is 0 Å². The quantitative estimate of drug-likeness (QED) is 0.587. The smallest absolute Gasteiger partial charge is 0.352 e. The number of rotatable bonds is 6. The Bertz CT molecular complexity index is 506. The average Bonchev–Trinajstić information content (AvgIpc) is 2.70. The van der Waals surface area contributed by atoms with Crippen molar-refractivity contribution < 1.29 is 19.6 Å². The first kappa shape index (κ1) is 14.7. The van der Waals surface area contributed by atoms with Gasteiger partial charge in [-0.05, 0) is 5.92 Å². The van der Waals surface area contributed by atoms with Crippen LogP contribution in [0, 0.1) is 16.0 Å². The Morgan fingerprint density at radius 3 is 2.63 bits per heavy atom. The molecule has 1 heterocycles. The molecule has 0 atom stereocenters. The van der Waals surface area contributed by atoms with Gasteiger partial charge in [0.15, 0.2) is 0 Å². The van der Waals surface area contributed by atoms with Crippen molar-refractivity contribution in [3.63, 3.8) is 0 Å². The SMILES string of the molecule is CC(C)CNC(=O)Cn1cc([N+](=O)[O-])cc1C(=O)O. The lowest BCUT2D eigenvalue weighted by Gasteiger charge is -2.09. The molecular weight excluding hydrogens is 254 g/mol. The van der Waals surface area contributed by atoms with E-state index in [1.807, 2.05) is 13.8 Å². The Hall–Kier alpha value is -2.38. The van der Waals surface area contributed by atoms with E-state index in [0.717, 1.165) is 16.8 Å². The summed E-state index contributed by atoms with van der Waals surface area (Å²) in [5.41, 5.74) is -0.638. The fraction of sp³-hybridized carbons (Fsp3) is 0.455. The number of nitrogens with zero attached hydrogens (tertiary/aromatic N) is 2. The topological polar surface area (TPSA) is 114 Å². The van der Waals surface area contributed by atoms with Crippen molar-refractivity contribution in [2.45, 2.75) is 20.4 Å². The predicted molar refractivity (Wildman–Crippen MR) is 65.9 cm³/mol. The maximum atomic E-state index is 11.6. The van der Waals surface area contributed by atoms with Crippen LogP contribution in [0.25, 0.3) is 0 Å². The van der Waals surface area contributed by atoms with Gasteiger partial charge in [-0.2, -0.15) is 0 Å². The number of hydrogen-bond acceptors (Lipinski definition) is 4. The lowest BCUT2D eigenvalue weighted by atomic mass is 10.2. The van der Waals surface area contributed by atoms with E-state index in [0.29, 0.717) is 6.54 Å². The maximum absolute atomic E-state index is 11.6. The van der Waals surface area contributed by atoms with E-state index in [4.69, 9.17) is 5.11 Å². The van der Waals surface area contributed by atoms with Gasteiger partial charge in [0, 0.05) is 12.6 Å². The van der Waals surface area contributed by atoms with Crippen LogP contribution in [0.15, 0.2) is 12.3 Å². The Labute approximate surface area is 109 Å². The molecule has 0 aromatic carbocycles. The van der Waals surface area contributed by atoms with Gasteiger partial charge in [0.05, 0.1) is 11.1 Å². The number of amides is 1. The largest absolute Gasteiger partial charge is 0.477 e. The number of nitrogens with one attached hydrogen (secondary N) is 1. The minimum Gasteiger partial charge on any atom is -0.477 e. The summed E-state index contributed by atoms with van der Waals surface area (Å²) in [7, 11) is 0. The second-order valence-electron chi connectivity index (χ2n) is 4.47. The van der Waals surface area contributed by atoms with Gasteiger partial charge in [0.2, 0.25) is 5.91 Å². The Morgan fingerprint density at radius 2 is 2.16 bits per heavy atom. The van der Waals surface area contributed by atoms with Crippen LogP contribution in [-0.4, -0.2) is 33.0 Å². The molecule has 0 spiro atoms. The number of carbonyl (C=O) groups excluding carboxylic acids is 1. The zero-order valence-electron chi connectivity index (χ0n) is 10.6. The number of carbonyl (C=O) groups is 2. The summed E-state index contributed by atoms with van der Waals surface area (Å²) < 4.78 is 1.05. The Morgan fingerprint density at radius 1 is 1.53 bits per heavy atom. The van der Waals surface area contributed by atoms with Crippen LogP contribution >= 0.6 is 0 Å². The minimum atomic E-state index is -1.32. The highest BCUT2D eigenvalue weighted by Gasteiger charge is 2.20. The summed E-state index contributed by atoms with van der Waals surface area (Å²) in [5, 5.41) is 22.1. The van der Waals surface area contributed by atoms with Crippen LogP contribution < -0.4 is 5.32 Å². The molecule has 8 nitrogen and oxygen atoms in total. The van der Waals surface area contributed by atoms with Gasteiger partial charge in [0.1, 0.15) is 12.2 Å². The number of hydrogen-bond donors (Lipinski definition) is 2. The summed E-state index contributed by atoms with van der Waals surface area (Å²) in [5.74, 6) is -1.44. The molecule has 1 amide bonds. The molecule has 1 aromatic heterocycles. The summed E-state index contributed by atoms with van der Waals surface area (Å²) in [6.45, 7) is 4.04. The van der Waals surface area contributed by atoms with Crippen molar-refractivity contribution in [3.8, 4) is 0 Å². The molecule has 104 valence electrons. The van der Waals surface area contributed by atoms with Gasteiger partial charge >= 0.3 is 5.97 Å². The normalized spacial score (nSPS) is 10.5. The van der Waals surface area contributed by atoms with Crippen molar-refractivity contribution in [2.24, 2.45) is 5.92 Å². The van der Waals surface area contributed by atoms with Gasteiger partial charge in [-0.25, -0.2) is 4.79 Å². The van der Waals surface area contributed by atoms with Crippen molar-refractivity contribution >= 4 is 17.6 Å². The molecule has 2 N–H and O–H groups in total. The van der Waals surface area contributed by atoms with Crippen LogP contribution in [-0.2, 0) is 11.3 Å². The standard InChI is InChI=1S/C11H15N3O5/c1-7(2)4-12-10(15)6-13-5-8(14(18)19)3-9(13)11(16)17/h3,5,7H,4,6H2,1-2H3,(H,12,15)(H,16,17). The number of carboxylic acids is 1. The van der Waals surface area contributed by atoms with Gasteiger partial charge in [-0.1, -0.05) is 13.8 Å². The highest BCUT2D eigenvalue weighted by Crippen LogP contribution is 2.16. The third-order valence-electron chi connectivity index (χ3n) is 2.33. The molecule has 8 heteroatoms. The predicted octanol–water partition coefficient (Wildman–Crippen LogP) is 0.867. The average molecular weight is 269 g/mol. The number of carboxylic acid groups (broad SMARTS) is 1. The molecule has 0 aliphatic heterocycles. The third-order valence-corrected chi connectivity index (χ3v) is 2.33. The lowest BCUT2D eigenvalue weighted by Crippen LogP contribution is -2.31. The summed E-state index contributed by atoms with van der Waals surface area (Å²) in [6.07, 6.45) is 1.04. The fourth-order valence-corrected chi connectivity index (χ4v) is 1.43. The number of aromatic carboxylic acids is 1. The first-order valence-electron chi connectivity index (χ1n) is 5.65. The van der Waals surface area contributed by atoms with Gasteiger partial charge in [-0.15, -0.1) is 0 Å². The van der Waals surface area contributed by atoms with E-state index in [1.165, 1.54) is 0 Å². The van der Waals surface area contributed by atoms with Crippen molar-refractivity contribution in [1.82, 2.24) is 9.88 Å². The lowest BCUT2D eigenvalue weighted by molar-refractivity contribution is -0.384. The molecule has 19 heavy (non-hydrogen) atoms. The van der Waals surface area contributed by atoms with Crippen molar-refractivity contribution in [2.75, 3.05) is 6.54 Å². The highest BCUT2D eigenvalue weighted by molar-refractivity contribution is 5.88. The first-order valence-corrected chi connectivity index (χ1v) is 5.65. The molecule has 0 aliphatic carbocycles. The van der Waals surface area contributed by atoms with Crippen LogP contribution in [0.4, 0.5) is 5.69 Å². The maximum Gasteiger partial charge on any atom is 0.352 e. The molecule has 0 bridgehead atoms. The van der Waals surface area contributed by atoms with E-state index in [9.17, 15) is 19.7 Å². The van der Waals surface area contributed by atoms with Crippen LogP contribution in [0.3, 0.4) is 0 Å². The Balaban J connectivity index is 2.84. The van der Waals surface area contributed by atoms with Crippen LogP contribution in [0.5, 0.6) is 0 Å². The number of nitro groups is 1. The first-order chi connectivity index (χ1) is 8.81. The third kappa shape index (κ3) is 4.09. The monoisotopic (exact) mass is 269 g/mol. The molecule has 1 aromatic rings. The minimum absolute atomic E-state index is 0.262. The van der Waals surface area contributed by atoms with E-state index in [-0.39, 0.29) is 29.8 Å². The second kappa shape index (κ2) is 5.98. The summed E-state index contributed by atoms with van der Waals surface area (Å²) in [4.78, 5) is 32.4. The van der Waals surface area contributed by atoms with Gasteiger partial charge < -0.3 is 15.0 Å². The van der Waals surface area contributed by atoms with Crippen LogP contribution in [0.2, 0.25) is 0 Å². The molecule has 0 radical (unpaired) electrons. The molecule has 0 saturated heterocycles. The summed E-state index contributed by atoms with van der Waals surface area (Å²) >= 11 is 0. The Kier molecular flexibility index (Phi) is 4.62. The highest BCUT2D eigenvalue weighted by atomic mass is 16.6. The number of aromatic nitrogens is 1. The summed E-state index contributed by atoms with van der Waals surface area (Å²) in [6, 6.07) is 0.929. The molecule has 1 rings (SSSR count). The van der Waals surface area contributed by atoms with Gasteiger partial charge in [-0.3, -0.25) is 14.9 Å². The van der Waals surface area contributed by atoms with Gasteiger partial charge in [0.25, 0.3) is 5.69 Å². The van der Waals surface area contributed by atoms with E-state index in [1.54, 1.807) is 0 Å². The molecular formula is C11H15N3O5. The van der Waals surface area contributed by atoms with Crippen molar-refractivity contribution in [3.05, 3.63) is 28.1 Å². The fourth-order valence-electron chi connectivity index (χ4n) is 1.43. The van der Waals surface area contributed by atoms with E-state index < -0.39 is 10.9 Å². The molecule has 0 fully saturated rings. The van der Waals surface area contributed by atoms with E-state index in [2.05, 4.69) is 5.32 Å².